The van der Waals surface area contributed by atoms with E-state index in [2.05, 4.69) is 0 Å². The van der Waals surface area contributed by atoms with Crippen LogP contribution in [0.25, 0.3) is 0 Å². The summed E-state index contributed by atoms with van der Waals surface area (Å²) in [5.74, 6) is 0. The standard InChI is InChI=1S/C26H52F6NO4PS2/c1-5-9-13-17-21-38(22-18-14-10-6-2,23-19-15-11-7-3,24-20-16-12-8-4)33(39(34,35)25(27,28)29)40(36,37)26(30,31)32/h5-24H2,1-4H3. The molecule has 40 heavy (non-hydrogen) atoms. The van der Waals surface area contributed by atoms with E-state index in [0.717, 1.165) is 25.7 Å². The summed E-state index contributed by atoms with van der Waals surface area (Å²) >= 11 is 0. The van der Waals surface area contributed by atoms with Gasteiger partial charge in [-0.15, -0.1) is 0 Å². The Bertz CT molecular complexity index is 821. The minimum absolute atomic E-state index is 0.179. The quantitative estimate of drug-likeness (QED) is 0.0627. The molecule has 0 atom stereocenters. The number of alkyl halides is 6. The van der Waals surface area contributed by atoms with Crippen molar-refractivity contribution < 1.29 is 43.2 Å². The van der Waals surface area contributed by atoms with Crippen molar-refractivity contribution in [1.29, 1.82) is 0 Å². The Morgan fingerprint density at radius 1 is 0.450 bits per heavy atom. The van der Waals surface area contributed by atoms with Crippen molar-refractivity contribution in [2.45, 2.75) is 141 Å². The van der Waals surface area contributed by atoms with Gasteiger partial charge in [0.05, 0.1) is 0 Å². The van der Waals surface area contributed by atoms with Crippen molar-refractivity contribution in [2.75, 3.05) is 24.6 Å². The zero-order valence-corrected chi connectivity index (χ0v) is 27.3. The van der Waals surface area contributed by atoms with E-state index in [1.54, 1.807) is 0 Å². The van der Waals surface area contributed by atoms with Crippen molar-refractivity contribution in [3.63, 3.8) is 0 Å². The number of halogens is 6. The molecule has 0 radical (unpaired) electrons. The molecule has 5 nitrogen and oxygen atoms in total. The Labute approximate surface area is 239 Å². The van der Waals surface area contributed by atoms with Gasteiger partial charge in [0.25, 0.3) is 0 Å². The van der Waals surface area contributed by atoms with E-state index < -0.39 is 41.3 Å². The van der Waals surface area contributed by atoms with Crippen LogP contribution in [0.5, 0.6) is 0 Å². The topological polar surface area (TPSA) is 71.5 Å². The molecule has 0 fully saturated rings. The third-order valence-corrected chi connectivity index (χ3v) is 21.8. The molecule has 0 saturated heterocycles. The van der Waals surface area contributed by atoms with Gasteiger partial charge in [-0.3, -0.25) is 0 Å². The number of hydrogen-bond acceptors (Lipinski definition) is 4. The Balaban J connectivity index is 7.75. The van der Waals surface area contributed by atoms with Crippen LogP contribution in [-0.2, 0) is 20.0 Å². The fourth-order valence-electron chi connectivity index (χ4n) is 5.69. The van der Waals surface area contributed by atoms with Crippen LogP contribution < -0.4 is 0 Å². The van der Waals surface area contributed by atoms with Crippen LogP contribution in [0.15, 0.2) is 0 Å². The molecule has 244 valence electrons. The van der Waals surface area contributed by atoms with Crippen LogP contribution in [0.3, 0.4) is 0 Å². The van der Waals surface area contributed by atoms with Crippen molar-refractivity contribution in [3.05, 3.63) is 0 Å². The minimum atomic E-state index is -6.88. The summed E-state index contributed by atoms with van der Waals surface area (Å²) in [6.45, 7) is 2.61. The Hall–Kier alpha value is -0.130. The number of unbranched alkanes of at least 4 members (excludes halogenated alkanes) is 12. The van der Waals surface area contributed by atoms with E-state index in [1.165, 1.54) is 0 Å². The molecule has 14 heteroatoms. The van der Waals surface area contributed by atoms with E-state index >= 15 is 0 Å². The summed E-state index contributed by atoms with van der Waals surface area (Å²) in [5.41, 5.74) is -12.4. The summed E-state index contributed by atoms with van der Waals surface area (Å²) in [6, 6.07) is 0. The number of sulfonamides is 2. The molecular weight excluding hydrogens is 599 g/mol. The van der Waals surface area contributed by atoms with Gasteiger partial charge in [-0.1, -0.05) is 0 Å². The van der Waals surface area contributed by atoms with E-state index in [-0.39, 0.29) is 50.3 Å². The summed E-state index contributed by atoms with van der Waals surface area (Å²) in [7, 11) is -13.8. The molecule has 0 aromatic heterocycles. The summed E-state index contributed by atoms with van der Waals surface area (Å²) in [4.78, 5) is 0. The normalized spacial score (nSPS) is 14.9. The van der Waals surface area contributed by atoms with Gasteiger partial charge in [-0.05, 0) is 0 Å². The Morgan fingerprint density at radius 2 is 0.675 bits per heavy atom. The van der Waals surface area contributed by atoms with Gasteiger partial charge in [0.2, 0.25) is 0 Å². The molecule has 0 heterocycles. The molecule has 0 amide bonds. The monoisotopic (exact) mass is 651 g/mol. The molecule has 0 bridgehead atoms. The van der Waals surface area contributed by atoms with Crippen LogP contribution in [0.2, 0.25) is 0 Å². The molecule has 0 N–H and O–H groups in total. The zero-order chi connectivity index (χ0) is 31.2. The Kier molecular flexibility index (Phi) is 17.2. The summed E-state index contributed by atoms with van der Waals surface area (Å²) in [5, 5.41) is 0. The molecule has 0 aromatic carbocycles. The maximum absolute atomic E-state index is 14.2. The molecule has 0 spiro atoms. The summed E-state index contributed by atoms with van der Waals surface area (Å²) < 4.78 is 137. The molecular formula is C26H52F6NO4PS2. The third kappa shape index (κ3) is 10.5. The van der Waals surface area contributed by atoms with Crippen molar-refractivity contribution in [3.8, 4) is 0 Å². The van der Waals surface area contributed by atoms with Gasteiger partial charge in [-0.2, -0.15) is 0 Å². The van der Waals surface area contributed by atoms with E-state index in [9.17, 15) is 43.2 Å². The van der Waals surface area contributed by atoms with Crippen LogP contribution in [-0.4, -0.2) is 56.0 Å². The van der Waals surface area contributed by atoms with Crippen LogP contribution >= 0.6 is 6.75 Å². The van der Waals surface area contributed by atoms with Gasteiger partial charge in [-0.25, -0.2) is 0 Å². The average Bonchev–Trinajstić information content (AvgIpc) is 2.84. The van der Waals surface area contributed by atoms with E-state index in [1.807, 2.05) is 27.7 Å². The first-order valence-corrected chi connectivity index (χ1v) is 20.7. The van der Waals surface area contributed by atoms with Gasteiger partial charge >= 0.3 is 240 Å². The third-order valence-electron chi connectivity index (χ3n) is 7.80. The number of hydrogen-bond donors (Lipinski definition) is 0. The predicted molar refractivity (Wildman–Crippen MR) is 155 cm³/mol. The molecule has 0 unspecified atom stereocenters. The average molecular weight is 652 g/mol. The first-order valence-electron chi connectivity index (χ1n) is 14.9. The van der Waals surface area contributed by atoms with Crippen molar-refractivity contribution in [2.24, 2.45) is 0 Å². The first-order chi connectivity index (χ1) is 18.4. The van der Waals surface area contributed by atoms with Gasteiger partial charge in [0.15, 0.2) is 0 Å². The SMILES string of the molecule is CCCCCCP(CCCCCC)(CCCCCC)(CCCCCC)N(S(=O)(=O)C(F)(F)F)S(=O)(=O)C(F)(F)F. The van der Waals surface area contributed by atoms with Crippen LogP contribution in [0, 0.1) is 0 Å². The predicted octanol–water partition coefficient (Wildman–Crippen LogP) is 9.78. The number of rotatable bonds is 23. The van der Waals surface area contributed by atoms with E-state index in [4.69, 9.17) is 0 Å². The molecule has 0 aliphatic carbocycles. The maximum atomic E-state index is 14.2. The summed E-state index contributed by atoms with van der Waals surface area (Å²) in [6.07, 6.45) is 7.20. The van der Waals surface area contributed by atoms with Crippen LogP contribution in [0.1, 0.15) is 130 Å². The van der Waals surface area contributed by atoms with Gasteiger partial charge < -0.3 is 0 Å². The zero-order valence-electron chi connectivity index (χ0n) is 24.8. The van der Waals surface area contributed by atoms with Gasteiger partial charge in [0.1, 0.15) is 0 Å². The van der Waals surface area contributed by atoms with Crippen molar-refractivity contribution in [1.82, 2.24) is 3.48 Å². The fraction of sp³-hybridized carbons (Fsp3) is 1.00. The first kappa shape index (κ1) is 39.9. The van der Waals surface area contributed by atoms with Crippen LogP contribution in [0.4, 0.5) is 26.3 Å². The fourth-order valence-corrected chi connectivity index (χ4v) is 21.1. The number of nitrogens with zero attached hydrogens (tertiary/aromatic N) is 1. The molecule has 0 rings (SSSR count). The second kappa shape index (κ2) is 17.2. The Morgan fingerprint density at radius 3 is 0.850 bits per heavy atom. The molecule has 0 aliphatic heterocycles. The van der Waals surface area contributed by atoms with E-state index in [0.29, 0.717) is 51.4 Å². The van der Waals surface area contributed by atoms with Gasteiger partial charge in [0, 0.05) is 0 Å². The molecule has 0 aliphatic rings. The molecule has 0 saturated carbocycles. The second-order valence-electron chi connectivity index (χ2n) is 11.1. The molecule has 0 aromatic rings. The van der Waals surface area contributed by atoms with Crippen molar-refractivity contribution >= 4 is 26.8 Å². The second-order valence-corrected chi connectivity index (χ2v) is 21.5.